The standard InChI is InChI=1S/C24H29N5O2S2/c1-6-28-22-12-11-18(33(30,31)27(4)5)15-20(22)26-23(28)16-32-24-25-13-14-29(24)21-10-8-7-9-19(21)17(2)3/h7-15,17H,6,16H2,1-5H3. The van der Waals surface area contributed by atoms with Crippen molar-refractivity contribution >= 4 is 32.8 Å². The van der Waals surface area contributed by atoms with Crippen molar-refractivity contribution in [3.05, 3.63) is 66.2 Å². The summed E-state index contributed by atoms with van der Waals surface area (Å²) >= 11 is 1.62. The summed E-state index contributed by atoms with van der Waals surface area (Å²) in [7, 11) is -0.441. The summed E-state index contributed by atoms with van der Waals surface area (Å²) in [6.07, 6.45) is 3.81. The molecule has 2 aromatic heterocycles. The summed E-state index contributed by atoms with van der Waals surface area (Å²) in [5.41, 5.74) is 4.02. The van der Waals surface area contributed by atoms with Crippen LogP contribution in [0.4, 0.5) is 0 Å². The molecule has 0 saturated carbocycles. The predicted octanol–water partition coefficient (Wildman–Crippen LogP) is 4.91. The number of rotatable bonds is 8. The van der Waals surface area contributed by atoms with Crippen molar-refractivity contribution < 1.29 is 8.42 Å². The summed E-state index contributed by atoms with van der Waals surface area (Å²) in [5, 5.41) is 0.897. The molecule has 2 aromatic carbocycles. The third-order valence-corrected chi connectivity index (χ3v) is 8.42. The van der Waals surface area contributed by atoms with E-state index in [1.807, 2.05) is 24.5 Å². The second kappa shape index (κ2) is 9.32. The maximum atomic E-state index is 12.5. The number of nitrogens with zero attached hydrogens (tertiary/aromatic N) is 5. The zero-order valence-corrected chi connectivity index (χ0v) is 21.2. The molecule has 0 atom stereocenters. The minimum atomic E-state index is -3.51. The quantitative estimate of drug-likeness (QED) is 0.333. The van der Waals surface area contributed by atoms with Crippen molar-refractivity contribution in [2.75, 3.05) is 14.1 Å². The molecular formula is C24H29N5O2S2. The van der Waals surface area contributed by atoms with Gasteiger partial charge in [0.05, 0.1) is 27.4 Å². The van der Waals surface area contributed by atoms with Gasteiger partial charge in [-0.15, -0.1) is 0 Å². The first-order chi connectivity index (χ1) is 15.7. The number of hydrogen-bond acceptors (Lipinski definition) is 5. The molecule has 0 bridgehead atoms. The van der Waals surface area contributed by atoms with Crippen molar-refractivity contribution in [3.8, 4) is 5.69 Å². The van der Waals surface area contributed by atoms with E-state index >= 15 is 0 Å². The average molecular weight is 484 g/mol. The van der Waals surface area contributed by atoms with E-state index in [0.717, 1.165) is 28.7 Å². The number of fused-ring (bicyclic) bond motifs is 1. The zero-order valence-electron chi connectivity index (χ0n) is 19.6. The Morgan fingerprint density at radius 1 is 1.12 bits per heavy atom. The fourth-order valence-corrected chi connectivity index (χ4v) is 5.73. The van der Waals surface area contributed by atoms with E-state index in [1.54, 1.807) is 23.9 Å². The van der Waals surface area contributed by atoms with Gasteiger partial charge in [-0.25, -0.2) is 22.7 Å². The second-order valence-corrected chi connectivity index (χ2v) is 11.4. The predicted molar refractivity (Wildman–Crippen MR) is 133 cm³/mol. The molecule has 0 saturated heterocycles. The van der Waals surface area contributed by atoms with Gasteiger partial charge < -0.3 is 4.57 Å². The van der Waals surface area contributed by atoms with Crippen LogP contribution >= 0.6 is 11.8 Å². The lowest BCUT2D eigenvalue weighted by molar-refractivity contribution is 0.521. The first-order valence-electron chi connectivity index (χ1n) is 10.9. The molecule has 33 heavy (non-hydrogen) atoms. The van der Waals surface area contributed by atoms with Gasteiger partial charge >= 0.3 is 0 Å². The van der Waals surface area contributed by atoms with Crippen LogP contribution in [0, 0.1) is 0 Å². The van der Waals surface area contributed by atoms with Gasteiger partial charge in [0.15, 0.2) is 5.16 Å². The molecule has 0 fully saturated rings. The van der Waals surface area contributed by atoms with Crippen molar-refractivity contribution in [1.82, 2.24) is 23.4 Å². The van der Waals surface area contributed by atoms with Crippen LogP contribution < -0.4 is 0 Å². The smallest absolute Gasteiger partial charge is 0.242 e. The van der Waals surface area contributed by atoms with Gasteiger partial charge in [0.25, 0.3) is 0 Å². The molecule has 0 spiro atoms. The fraction of sp³-hybridized carbons (Fsp3) is 0.333. The summed E-state index contributed by atoms with van der Waals surface area (Å²) in [5.74, 6) is 1.92. The second-order valence-electron chi connectivity index (χ2n) is 8.29. The number of thioether (sulfide) groups is 1. The third kappa shape index (κ3) is 4.45. The molecule has 0 N–H and O–H groups in total. The van der Waals surface area contributed by atoms with Gasteiger partial charge in [-0.2, -0.15) is 0 Å². The molecule has 0 unspecified atom stereocenters. The molecule has 0 aliphatic rings. The number of aromatic nitrogens is 4. The van der Waals surface area contributed by atoms with Crippen LogP contribution in [0.15, 0.2) is 64.9 Å². The van der Waals surface area contributed by atoms with E-state index < -0.39 is 10.0 Å². The highest BCUT2D eigenvalue weighted by Gasteiger charge is 2.20. The highest BCUT2D eigenvalue weighted by atomic mass is 32.2. The SMILES string of the molecule is CCn1c(CSc2nccn2-c2ccccc2C(C)C)nc2cc(S(=O)(=O)N(C)C)ccc21. The number of para-hydroxylation sites is 1. The highest BCUT2D eigenvalue weighted by molar-refractivity contribution is 7.98. The van der Waals surface area contributed by atoms with Crippen LogP contribution in [0.5, 0.6) is 0 Å². The molecular weight excluding hydrogens is 454 g/mol. The van der Waals surface area contributed by atoms with Crippen LogP contribution in [0.25, 0.3) is 16.7 Å². The van der Waals surface area contributed by atoms with Gasteiger partial charge in [0.1, 0.15) is 5.82 Å². The van der Waals surface area contributed by atoms with Crippen LogP contribution in [0.2, 0.25) is 0 Å². The van der Waals surface area contributed by atoms with Crippen LogP contribution in [-0.2, 0) is 22.3 Å². The molecule has 174 valence electrons. The third-order valence-electron chi connectivity index (χ3n) is 5.65. The minimum Gasteiger partial charge on any atom is -0.328 e. The summed E-state index contributed by atoms with van der Waals surface area (Å²) in [4.78, 5) is 9.62. The number of imidazole rings is 2. The van der Waals surface area contributed by atoms with Crippen molar-refractivity contribution in [1.29, 1.82) is 0 Å². The Bertz CT molecular complexity index is 1390. The lowest BCUT2D eigenvalue weighted by Gasteiger charge is -2.15. The molecule has 0 aliphatic carbocycles. The van der Waals surface area contributed by atoms with Gasteiger partial charge in [-0.05, 0) is 42.7 Å². The van der Waals surface area contributed by atoms with Gasteiger partial charge in [0.2, 0.25) is 10.0 Å². The topological polar surface area (TPSA) is 73.0 Å². The summed E-state index contributed by atoms with van der Waals surface area (Å²) in [6.45, 7) is 7.20. The Kier molecular flexibility index (Phi) is 6.65. The van der Waals surface area contributed by atoms with Crippen LogP contribution in [-0.4, -0.2) is 45.9 Å². The van der Waals surface area contributed by atoms with Crippen molar-refractivity contribution in [2.24, 2.45) is 0 Å². The maximum absolute atomic E-state index is 12.5. The fourth-order valence-electron chi connectivity index (χ4n) is 3.90. The number of aryl methyl sites for hydroxylation is 1. The minimum absolute atomic E-state index is 0.251. The van der Waals surface area contributed by atoms with Crippen molar-refractivity contribution in [3.63, 3.8) is 0 Å². The average Bonchev–Trinajstić information content (AvgIpc) is 3.40. The van der Waals surface area contributed by atoms with E-state index in [2.05, 4.69) is 53.1 Å². The Hall–Kier alpha value is -2.62. The zero-order chi connectivity index (χ0) is 23.8. The number of sulfonamides is 1. The van der Waals surface area contributed by atoms with E-state index in [0.29, 0.717) is 17.2 Å². The highest BCUT2D eigenvalue weighted by Crippen LogP contribution is 2.30. The van der Waals surface area contributed by atoms with E-state index in [4.69, 9.17) is 4.98 Å². The monoisotopic (exact) mass is 483 g/mol. The van der Waals surface area contributed by atoms with Gasteiger partial charge in [0, 0.05) is 33.0 Å². The first-order valence-corrected chi connectivity index (χ1v) is 13.3. The van der Waals surface area contributed by atoms with Crippen molar-refractivity contribution in [2.45, 2.75) is 49.0 Å². The Balaban J connectivity index is 1.66. The molecule has 4 rings (SSSR count). The normalized spacial score (nSPS) is 12.3. The summed E-state index contributed by atoms with van der Waals surface area (Å²) < 4.78 is 30.6. The largest absolute Gasteiger partial charge is 0.328 e. The molecule has 7 nitrogen and oxygen atoms in total. The lowest BCUT2D eigenvalue weighted by Crippen LogP contribution is -2.22. The number of hydrogen-bond donors (Lipinski definition) is 0. The number of benzene rings is 2. The molecule has 4 aromatic rings. The summed E-state index contributed by atoms with van der Waals surface area (Å²) in [6, 6.07) is 13.5. The molecule has 0 aliphatic heterocycles. The maximum Gasteiger partial charge on any atom is 0.242 e. The molecule has 0 amide bonds. The van der Waals surface area contributed by atoms with Crippen LogP contribution in [0.1, 0.15) is 38.1 Å². The lowest BCUT2D eigenvalue weighted by atomic mass is 10.0. The van der Waals surface area contributed by atoms with Gasteiger partial charge in [-0.1, -0.05) is 43.8 Å². The Morgan fingerprint density at radius 3 is 2.58 bits per heavy atom. The van der Waals surface area contributed by atoms with E-state index in [9.17, 15) is 8.42 Å². The molecule has 9 heteroatoms. The molecule has 0 radical (unpaired) electrons. The van der Waals surface area contributed by atoms with Gasteiger partial charge in [-0.3, -0.25) is 4.57 Å². The first kappa shape index (κ1) is 23.5. The van der Waals surface area contributed by atoms with E-state index in [-0.39, 0.29) is 4.90 Å². The molecule has 2 heterocycles. The Morgan fingerprint density at radius 2 is 1.88 bits per heavy atom. The Labute approximate surface area is 199 Å². The van der Waals surface area contributed by atoms with E-state index in [1.165, 1.54) is 24.0 Å². The van der Waals surface area contributed by atoms with Crippen LogP contribution in [0.3, 0.4) is 0 Å².